The molecule has 2 atom stereocenters. The second-order valence-corrected chi connectivity index (χ2v) is 4.82. The van der Waals surface area contributed by atoms with Crippen LogP contribution in [-0.2, 0) is 0 Å². The van der Waals surface area contributed by atoms with Crippen LogP contribution in [-0.4, -0.2) is 11.2 Å². The van der Waals surface area contributed by atoms with E-state index in [-0.39, 0.29) is 6.10 Å². The van der Waals surface area contributed by atoms with E-state index in [1.807, 2.05) is 0 Å². The van der Waals surface area contributed by atoms with E-state index >= 15 is 0 Å². The van der Waals surface area contributed by atoms with E-state index in [2.05, 4.69) is 27.4 Å². The van der Waals surface area contributed by atoms with Gasteiger partial charge in [-0.05, 0) is 37.5 Å². The molecular weight excluding hydrogens is 148 g/mol. The molecule has 0 saturated heterocycles. The lowest BCUT2D eigenvalue weighted by molar-refractivity contribution is 0.0440. The molecule has 0 radical (unpaired) electrons. The Morgan fingerprint density at radius 3 is 2.50 bits per heavy atom. The van der Waals surface area contributed by atoms with E-state index in [1.54, 1.807) is 0 Å². The zero-order valence-electron chi connectivity index (χ0n) is 8.43. The Kier molecular flexibility index (Phi) is 2.62. The quantitative estimate of drug-likeness (QED) is 0.597. The van der Waals surface area contributed by atoms with Gasteiger partial charge in [-0.25, -0.2) is 0 Å². The predicted octanol–water partition coefficient (Wildman–Crippen LogP) is 2.75. The first-order chi connectivity index (χ1) is 5.43. The highest BCUT2D eigenvalue weighted by Crippen LogP contribution is 2.43. The molecule has 2 unspecified atom stereocenters. The van der Waals surface area contributed by atoms with Crippen molar-refractivity contribution in [3.05, 3.63) is 12.2 Å². The number of aliphatic hydroxyl groups is 1. The predicted molar refractivity (Wildman–Crippen MR) is 51.9 cm³/mol. The Hall–Kier alpha value is -0.300. The summed E-state index contributed by atoms with van der Waals surface area (Å²) in [6.45, 7) is 10.6. The Labute approximate surface area is 75.5 Å². The van der Waals surface area contributed by atoms with E-state index in [0.717, 1.165) is 19.3 Å². The third-order valence-electron chi connectivity index (χ3n) is 3.17. The molecule has 0 heterocycles. The summed E-state index contributed by atoms with van der Waals surface area (Å²) >= 11 is 0. The summed E-state index contributed by atoms with van der Waals surface area (Å²) in [5.74, 6) is 0.501. The van der Waals surface area contributed by atoms with E-state index in [1.165, 1.54) is 5.57 Å². The zero-order valence-corrected chi connectivity index (χ0v) is 8.43. The van der Waals surface area contributed by atoms with Crippen molar-refractivity contribution >= 4 is 0 Å². The van der Waals surface area contributed by atoms with Gasteiger partial charge >= 0.3 is 0 Å². The summed E-state index contributed by atoms with van der Waals surface area (Å²) in [4.78, 5) is 0. The maximum atomic E-state index is 9.52. The molecule has 1 rings (SSSR count). The molecule has 0 amide bonds. The summed E-state index contributed by atoms with van der Waals surface area (Å²) in [5, 5.41) is 9.52. The maximum Gasteiger partial charge on any atom is 0.0546 e. The molecule has 1 aliphatic rings. The topological polar surface area (TPSA) is 20.2 Å². The van der Waals surface area contributed by atoms with Crippen LogP contribution >= 0.6 is 0 Å². The minimum Gasteiger partial charge on any atom is -0.393 e. The molecule has 0 spiro atoms. The first kappa shape index (κ1) is 9.79. The van der Waals surface area contributed by atoms with Crippen LogP contribution in [0.5, 0.6) is 0 Å². The maximum absolute atomic E-state index is 9.52. The standard InChI is InChI=1S/C11H20O/c1-8(2)10-7-9(12)5-6-11(10,3)4/h9-10,12H,1,5-7H2,2-4H3. The Morgan fingerprint density at radius 1 is 1.50 bits per heavy atom. The summed E-state index contributed by atoms with van der Waals surface area (Å²) in [6, 6.07) is 0. The molecular formula is C11H20O. The largest absolute Gasteiger partial charge is 0.393 e. The molecule has 1 saturated carbocycles. The van der Waals surface area contributed by atoms with Gasteiger partial charge in [-0.1, -0.05) is 26.0 Å². The monoisotopic (exact) mass is 168 g/mol. The van der Waals surface area contributed by atoms with Crippen LogP contribution in [0, 0.1) is 11.3 Å². The molecule has 1 N–H and O–H groups in total. The first-order valence-corrected chi connectivity index (χ1v) is 4.77. The van der Waals surface area contributed by atoms with Gasteiger partial charge in [0.25, 0.3) is 0 Å². The van der Waals surface area contributed by atoms with Gasteiger partial charge in [0.05, 0.1) is 6.10 Å². The van der Waals surface area contributed by atoms with Gasteiger partial charge in [-0.3, -0.25) is 0 Å². The third kappa shape index (κ3) is 1.89. The first-order valence-electron chi connectivity index (χ1n) is 4.77. The minimum absolute atomic E-state index is 0.0975. The average Bonchev–Trinajstić information content (AvgIpc) is 1.94. The van der Waals surface area contributed by atoms with Gasteiger partial charge in [0.1, 0.15) is 0 Å². The Bertz CT molecular complexity index is 181. The van der Waals surface area contributed by atoms with Crippen molar-refractivity contribution in [2.45, 2.75) is 46.1 Å². The highest BCUT2D eigenvalue weighted by molar-refractivity contribution is 5.05. The van der Waals surface area contributed by atoms with Gasteiger partial charge in [0.15, 0.2) is 0 Å². The number of hydrogen-bond donors (Lipinski definition) is 1. The summed E-state index contributed by atoms with van der Waals surface area (Å²) < 4.78 is 0. The third-order valence-corrected chi connectivity index (χ3v) is 3.17. The highest BCUT2D eigenvalue weighted by atomic mass is 16.3. The molecule has 0 aliphatic heterocycles. The van der Waals surface area contributed by atoms with Gasteiger partial charge < -0.3 is 5.11 Å². The lowest BCUT2D eigenvalue weighted by Gasteiger charge is -2.41. The lowest BCUT2D eigenvalue weighted by atomic mass is 9.65. The SMILES string of the molecule is C=C(C)C1CC(O)CCC1(C)C. The molecule has 0 bridgehead atoms. The summed E-state index contributed by atoms with van der Waals surface area (Å²) in [5.41, 5.74) is 1.56. The minimum atomic E-state index is -0.0975. The van der Waals surface area contributed by atoms with E-state index in [0.29, 0.717) is 11.3 Å². The molecule has 0 aromatic rings. The van der Waals surface area contributed by atoms with Crippen LogP contribution in [0.3, 0.4) is 0 Å². The van der Waals surface area contributed by atoms with Crippen molar-refractivity contribution in [3.63, 3.8) is 0 Å². The number of hydrogen-bond acceptors (Lipinski definition) is 1. The number of allylic oxidation sites excluding steroid dienone is 1. The van der Waals surface area contributed by atoms with Crippen LogP contribution in [0.25, 0.3) is 0 Å². The number of aliphatic hydroxyl groups excluding tert-OH is 1. The fraction of sp³-hybridized carbons (Fsp3) is 0.818. The van der Waals surface area contributed by atoms with Crippen molar-refractivity contribution < 1.29 is 5.11 Å². The van der Waals surface area contributed by atoms with Crippen molar-refractivity contribution in [1.82, 2.24) is 0 Å². The second-order valence-electron chi connectivity index (χ2n) is 4.82. The second kappa shape index (κ2) is 3.21. The van der Waals surface area contributed by atoms with Crippen LogP contribution in [0.2, 0.25) is 0 Å². The molecule has 0 aromatic carbocycles. The summed E-state index contributed by atoms with van der Waals surface area (Å²) in [7, 11) is 0. The van der Waals surface area contributed by atoms with Crippen molar-refractivity contribution in [1.29, 1.82) is 0 Å². The molecule has 0 aromatic heterocycles. The Balaban J connectivity index is 2.72. The fourth-order valence-corrected chi connectivity index (χ4v) is 2.29. The van der Waals surface area contributed by atoms with Crippen LogP contribution in [0.15, 0.2) is 12.2 Å². The van der Waals surface area contributed by atoms with E-state index in [9.17, 15) is 5.11 Å². The number of rotatable bonds is 1. The van der Waals surface area contributed by atoms with Crippen LogP contribution in [0.4, 0.5) is 0 Å². The highest BCUT2D eigenvalue weighted by Gasteiger charge is 2.35. The van der Waals surface area contributed by atoms with Crippen molar-refractivity contribution in [2.24, 2.45) is 11.3 Å². The average molecular weight is 168 g/mol. The molecule has 1 fully saturated rings. The fourth-order valence-electron chi connectivity index (χ4n) is 2.29. The van der Waals surface area contributed by atoms with Gasteiger partial charge in [-0.15, -0.1) is 0 Å². The zero-order chi connectivity index (χ0) is 9.35. The van der Waals surface area contributed by atoms with Gasteiger partial charge in [-0.2, -0.15) is 0 Å². The van der Waals surface area contributed by atoms with Crippen molar-refractivity contribution in [3.8, 4) is 0 Å². The van der Waals surface area contributed by atoms with E-state index < -0.39 is 0 Å². The Morgan fingerprint density at radius 2 is 2.08 bits per heavy atom. The van der Waals surface area contributed by atoms with Gasteiger partial charge in [0, 0.05) is 0 Å². The molecule has 1 aliphatic carbocycles. The van der Waals surface area contributed by atoms with Crippen LogP contribution < -0.4 is 0 Å². The van der Waals surface area contributed by atoms with E-state index in [4.69, 9.17) is 0 Å². The smallest absolute Gasteiger partial charge is 0.0546 e. The lowest BCUT2D eigenvalue weighted by Crippen LogP contribution is -2.34. The van der Waals surface area contributed by atoms with Gasteiger partial charge in [0.2, 0.25) is 0 Å². The molecule has 1 heteroatoms. The molecule has 1 nitrogen and oxygen atoms in total. The summed E-state index contributed by atoms with van der Waals surface area (Å²) in [6.07, 6.45) is 2.88. The normalized spacial score (nSPS) is 34.7. The molecule has 12 heavy (non-hydrogen) atoms. The van der Waals surface area contributed by atoms with Crippen molar-refractivity contribution in [2.75, 3.05) is 0 Å². The molecule has 70 valence electrons. The van der Waals surface area contributed by atoms with Crippen LogP contribution in [0.1, 0.15) is 40.0 Å².